The van der Waals surface area contributed by atoms with E-state index in [0.717, 1.165) is 6.54 Å². The minimum absolute atomic E-state index is 0.570. The molecule has 0 aliphatic carbocycles. The van der Waals surface area contributed by atoms with Crippen LogP contribution in [0.5, 0.6) is 0 Å². The van der Waals surface area contributed by atoms with E-state index in [-0.39, 0.29) is 0 Å². The average molecular weight is 171 g/mol. The van der Waals surface area contributed by atoms with Crippen molar-refractivity contribution < 1.29 is 0 Å². The first-order valence-corrected chi connectivity index (χ1v) is 4.07. The third-order valence-electron chi connectivity index (χ3n) is 1.46. The van der Waals surface area contributed by atoms with Crippen LogP contribution in [0.15, 0.2) is 24.4 Å². The Morgan fingerprint density at radius 2 is 2.45 bits per heavy atom. The van der Waals surface area contributed by atoms with E-state index in [9.17, 15) is 0 Å². The van der Waals surface area contributed by atoms with Gasteiger partial charge in [0.05, 0.1) is 6.54 Å². The van der Waals surface area contributed by atoms with Gasteiger partial charge in [-0.2, -0.15) is 5.10 Å². The molecule has 0 saturated heterocycles. The number of hydrogen-bond acceptors (Lipinski definition) is 1. The van der Waals surface area contributed by atoms with E-state index in [1.165, 1.54) is 5.69 Å². The number of rotatable bonds is 3. The summed E-state index contributed by atoms with van der Waals surface area (Å²) in [5.74, 6) is 0.570. The second-order valence-corrected chi connectivity index (χ2v) is 2.59. The van der Waals surface area contributed by atoms with Gasteiger partial charge in [-0.25, -0.2) is 0 Å². The van der Waals surface area contributed by atoms with Crippen molar-refractivity contribution in [2.45, 2.75) is 13.5 Å². The Labute approximate surface area is 71.5 Å². The minimum atomic E-state index is 0.570. The van der Waals surface area contributed by atoms with Gasteiger partial charge >= 0.3 is 0 Å². The number of alkyl halides is 1. The third-order valence-corrected chi connectivity index (χ3v) is 1.64. The molecule has 0 bridgehead atoms. The van der Waals surface area contributed by atoms with Crippen LogP contribution >= 0.6 is 11.6 Å². The van der Waals surface area contributed by atoms with Gasteiger partial charge in [0.25, 0.3) is 0 Å². The zero-order valence-corrected chi connectivity index (χ0v) is 7.25. The highest BCUT2D eigenvalue weighted by atomic mass is 35.5. The van der Waals surface area contributed by atoms with Crippen molar-refractivity contribution in [3.05, 3.63) is 30.1 Å². The molecule has 1 heterocycles. The van der Waals surface area contributed by atoms with Crippen LogP contribution in [0.25, 0.3) is 0 Å². The highest BCUT2D eigenvalue weighted by Gasteiger charge is 1.91. The third kappa shape index (κ3) is 2.39. The molecule has 1 rings (SSSR count). The zero-order chi connectivity index (χ0) is 8.10. The lowest BCUT2D eigenvalue weighted by Gasteiger charge is -1.97. The Morgan fingerprint density at radius 3 is 3.00 bits per heavy atom. The van der Waals surface area contributed by atoms with Crippen molar-refractivity contribution in [2.75, 3.05) is 5.88 Å². The summed E-state index contributed by atoms with van der Waals surface area (Å²) in [5.41, 5.74) is 1.17. The van der Waals surface area contributed by atoms with Crippen LogP contribution in [-0.4, -0.2) is 15.7 Å². The number of allylic oxidation sites excluding steroid dienone is 2. The summed E-state index contributed by atoms with van der Waals surface area (Å²) in [4.78, 5) is 0. The van der Waals surface area contributed by atoms with E-state index in [4.69, 9.17) is 11.6 Å². The molecule has 0 aliphatic rings. The van der Waals surface area contributed by atoms with Crippen LogP contribution in [0, 0.1) is 6.92 Å². The fourth-order valence-electron chi connectivity index (χ4n) is 0.827. The first kappa shape index (κ1) is 8.34. The summed E-state index contributed by atoms with van der Waals surface area (Å²) in [6, 6.07) is 1.98. The van der Waals surface area contributed by atoms with Gasteiger partial charge in [-0.15, -0.1) is 11.6 Å². The molecule has 3 heteroatoms. The van der Waals surface area contributed by atoms with Crippen molar-refractivity contribution >= 4 is 11.6 Å². The predicted molar refractivity (Wildman–Crippen MR) is 46.8 cm³/mol. The fourth-order valence-corrected chi connectivity index (χ4v) is 0.953. The SMILES string of the molecule is Cc1ccnn1C/C=C/CCl. The molecule has 0 radical (unpaired) electrons. The standard InChI is InChI=1S/C8H11ClN2/c1-8-4-6-10-11(8)7-3-2-5-9/h2-4,6H,5,7H2,1H3/b3-2+. The first-order valence-electron chi connectivity index (χ1n) is 3.54. The van der Waals surface area contributed by atoms with Crippen molar-refractivity contribution in [1.29, 1.82) is 0 Å². The monoisotopic (exact) mass is 170 g/mol. The number of aryl methyl sites for hydroxylation is 1. The van der Waals surface area contributed by atoms with Crippen LogP contribution in [-0.2, 0) is 6.54 Å². The van der Waals surface area contributed by atoms with Crippen LogP contribution < -0.4 is 0 Å². The number of halogens is 1. The van der Waals surface area contributed by atoms with Crippen LogP contribution in [0.3, 0.4) is 0 Å². The Kier molecular flexibility index (Phi) is 3.17. The summed E-state index contributed by atoms with van der Waals surface area (Å²) in [6.07, 6.45) is 5.72. The van der Waals surface area contributed by atoms with Crippen LogP contribution in [0.1, 0.15) is 5.69 Å². The molecule has 0 aliphatic heterocycles. The average Bonchev–Trinajstić information content (AvgIpc) is 2.37. The number of hydrogen-bond donors (Lipinski definition) is 0. The molecule has 0 amide bonds. The van der Waals surface area contributed by atoms with Gasteiger partial charge in [-0.3, -0.25) is 4.68 Å². The van der Waals surface area contributed by atoms with Gasteiger partial charge in [0.15, 0.2) is 0 Å². The largest absolute Gasteiger partial charge is 0.266 e. The van der Waals surface area contributed by atoms with Gasteiger partial charge in [-0.1, -0.05) is 12.2 Å². The van der Waals surface area contributed by atoms with Crippen LogP contribution in [0.2, 0.25) is 0 Å². The molecule has 0 unspecified atom stereocenters. The highest BCUT2D eigenvalue weighted by molar-refractivity contribution is 6.18. The lowest BCUT2D eigenvalue weighted by Crippen LogP contribution is -1.98. The molecular weight excluding hydrogens is 160 g/mol. The quantitative estimate of drug-likeness (QED) is 0.501. The van der Waals surface area contributed by atoms with E-state index in [2.05, 4.69) is 5.10 Å². The lowest BCUT2D eigenvalue weighted by molar-refractivity contribution is 0.678. The molecule has 0 atom stereocenters. The number of aromatic nitrogens is 2. The predicted octanol–water partition coefficient (Wildman–Crippen LogP) is 1.99. The first-order chi connectivity index (χ1) is 5.34. The van der Waals surface area contributed by atoms with E-state index in [1.807, 2.05) is 29.8 Å². The van der Waals surface area contributed by atoms with Crippen molar-refractivity contribution in [1.82, 2.24) is 9.78 Å². The summed E-state index contributed by atoms with van der Waals surface area (Å²) in [6.45, 7) is 2.84. The second kappa shape index (κ2) is 4.19. The smallest absolute Gasteiger partial charge is 0.0593 e. The van der Waals surface area contributed by atoms with E-state index in [0.29, 0.717) is 5.88 Å². The summed E-state index contributed by atoms with van der Waals surface area (Å²) in [5, 5.41) is 4.11. The van der Waals surface area contributed by atoms with Gasteiger partial charge in [-0.05, 0) is 13.0 Å². The molecule has 60 valence electrons. The van der Waals surface area contributed by atoms with Crippen LogP contribution in [0.4, 0.5) is 0 Å². The second-order valence-electron chi connectivity index (χ2n) is 2.28. The van der Waals surface area contributed by atoms with Gasteiger partial charge < -0.3 is 0 Å². The Balaban J connectivity index is 2.50. The summed E-state index contributed by atoms with van der Waals surface area (Å²) >= 11 is 5.47. The van der Waals surface area contributed by atoms with Gasteiger partial charge in [0, 0.05) is 17.8 Å². The van der Waals surface area contributed by atoms with Gasteiger partial charge in [0.1, 0.15) is 0 Å². The molecule has 0 N–H and O–H groups in total. The van der Waals surface area contributed by atoms with E-state index in [1.54, 1.807) is 6.20 Å². The summed E-state index contributed by atoms with van der Waals surface area (Å²) in [7, 11) is 0. The molecule has 1 aromatic heterocycles. The van der Waals surface area contributed by atoms with E-state index < -0.39 is 0 Å². The van der Waals surface area contributed by atoms with Crippen molar-refractivity contribution in [2.24, 2.45) is 0 Å². The topological polar surface area (TPSA) is 17.8 Å². The Morgan fingerprint density at radius 1 is 1.64 bits per heavy atom. The molecule has 1 aromatic rings. The molecule has 0 aromatic carbocycles. The maximum absolute atomic E-state index is 5.47. The Bertz CT molecular complexity index is 240. The highest BCUT2D eigenvalue weighted by Crippen LogP contribution is 1.95. The van der Waals surface area contributed by atoms with Crippen molar-refractivity contribution in [3.63, 3.8) is 0 Å². The van der Waals surface area contributed by atoms with E-state index >= 15 is 0 Å². The minimum Gasteiger partial charge on any atom is -0.266 e. The number of nitrogens with zero attached hydrogens (tertiary/aromatic N) is 2. The zero-order valence-electron chi connectivity index (χ0n) is 6.50. The van der Waals surface area contributed by atoms with Crippen molar-refractivity contribution in [3.8, 4) is 0 Å². The molecule has 0 spiro atoms. The normalized spacial score (nSPS) is 11.1. The van der Waals surface area contributed by atoms with Gasteiger partial charge in [0.2, 0.25) is 0 Å². The molecule has 0 saturated carbocycles. The molecular formula is C8H11ClN2. The maximum Gasteiger partial charge on any atom is 0.0593 e. The summed E-state index contributed by atoms with van der Waals surface area (Å²) < 4.78 is 1.92. The lowest BCUT2D eigenvalue weighted by atomic mass is 10.4. The Hall–Kier alpha value is -0.760. The molecule has 2 nitrogen and oxygen atoms in total. The fraction of sp³-hybridized carbons (Fsp3) is 0.375. The molecule has 11 heavy (non-hydrogen) atoms. The maximum atomic E-state index is 5.47. The molecule has 0 fully saturated rings.